The fourth-order valence-corrected chi connectivity index (χ4v) is 2.19. The summed E-state index contributed by atoms with van der Waals surface area (Å²) in [4.78, 5) is 14.9. The van der Waals surface area contributed by atoms with Gasteiger partial charge in [0, 0.05) is 24.4 Å². The van der Waals surface area contributed by atoms with E-state index >= 15 is 0 Å². The van der Waals surface area contributed by atoms with E-state index < -0.39 is 9.84 Å². The molecular formula is C12H14N2O3S. The topological polar surface area (TPSA) is 79.0 Å². The quantitative estimate of drug-likeness (QED) is 0.864. The van der Waals surface area contributed by atoms with Gasteiger partial charge in [0.2, 0.25) is 0 Å². The number of nitrogens with one attached hydrogen (secondary N) is 2. The first-order chi connectivity index (χ1) is 8.47. The highest BCUT2D eigenvalue weighted by Gasteiger charge is 2.11. The number of aromatic nitrogens is 1. The number of carbonyl (C=O) groups excluding carboxylic acids is 1. The third kappa shape index (κ3) is 2.89. The number of para-hydroxylation sites is 1. The number of amides is 1. The van der Waals surface area contributed by atoms with E-state index in [2.05, 4.69) is 10.3 Å². The van der Waals surface area contributed by atoms with Gasteiger partial charge in [0.05, 0.1) is 16.8 Å². The maximum Gasteiger partial charge on any atom is 0.253 e. The standard InChI is InChI=1S/C12H14N2O3S/c1-18(16,17)8-7-14-12(15)10-4-2-3-9-5-6-13-11(9)10/h2-6,13H,7-8H2,1H3,(H,14,15). The number of sulfone groups is 1. The lowest BCUT2D eigenvalue weighted by molar-refractivity contribution is 0.0957. The Morgan fingerprint density at radius 2 is 2.11 bits per heavy atom. The molecule has 6 heteroatoms. The van der Waals surface area contributed by atoms with Crippen molar-refractivity contribution in [2.45, 2.75) is 0 Å². The van der Waals surface area contributed by atoms with Gasteiger partial charge in [0.25, 0.3) is 5.91 Å². The van der Waals surface area contributed by atoms with E-state index in [4.69, 9.17) is 0 Å². The molecule has 1 amide bonds. The highest BCUT2D eigenvalue weighted by Crippen LogP contribution is 2.16. The molecule has 1 heterocycles. The molecule has 2 rings (SSSR count). The molecule has 0 radical (unpaired) electrons. The van der Waals surface area contributed by atoms with Crippen LogP contribution in [0.25, 0.3) is 10.9 Å². The van der Waals surface area contributed by atoms with Gasteiger partial charge in [0.15, 0.2) is 0 Å². The van der Waals surface area contributed by atoms with Crippen LogP contribution in [-0.4, -0.2) is 37.9 Å². The van der Waals surface area contributed by atoms with Crippen LogP contribution in [0.15, 0.2) is 30.5 Å². The number of aromatic amines is 1. The van der Waals surface area contributed by atoms with Gasteiger partial charge < -0.3 is 10.3 Å². The minimum absolute atomic E-state index is 0.0561. The number of H-pyrrole nitrogens is 1. The van der Waals surface area contributed by atoms with E-state index in [9.17, 15) is 13.2 Å². The van der Waals surface area contributed by atoms with Crippen LogP contribution in [0.4, 0.5) is 0 Å². The van der Waals surface area contributed by atoms with Gasteiger partial charge in [-0.2, -0.15) is 0 Å². The molecule has 0 unspecified atom stereocenters. The second kappa shape index (κ2) is 4.81. The molecule has 1 aromatic heterocycles. The molecule has 0 aliphatic carbocycles. The Morgan fingerprint density at radius 3 is 2.83 bits per heavy atom. The molecule has 18 heavy (non-hydrogen) atoms. The number of hydrogen-bond donors (Lipinski definition) is 2. The number of hydrogen-bond acceptors (Lipinski definition) is 3. The summed E-state index contributed by atoms with van der Waals surface area (Å²) in [5.74, 6) is -0.328. The van der Waals surface area contributed by atoms with Crippen molar-refractivity contribution in [3.8, 4) is 0 Å². The van der Waals surface area contributed by atoms with Crippen molar-refractivity contribution in [2.75, 3.05) is 18.6 Å². The van der Waals surface area contributed by atoms with Crippen molar-refractivity contribution in [1.82, 2.24) is 10.3 Å². The van der Waals surface area contributed by atoms with Crippen molar-refractivity contribution in [2.24, 2.45) is 0 Å². The predicted octanol–water partition coefficient (Wildman–Crippen LogP) is 0.942. The third-order valence-electron chi connectivity index (χ3n) is 2.59. The average molecular weight is 266 g/mol. The summed E-state index contributed by atoms with van der Waals surface area (Å²) in [7, 11) is -3.06. The Bertz CT molecular complexity index is 673. The van der Waals surface area contributed by atoms with Crippen molar-refractivity contribution < 1.29 is 13.2 Å². The maximum atomic E-state index is 11.9. The van der Waals surface area contributed by atoms with Crippen molar-refractivity contribution in [3.63, 3.8) is 0 Å². The molecule has 2 aromatic rings. The number of benzene rings is 1. The zero-order chi connectivity index (χ0) is 13.2. The summed E-state index contributed by atoms with van der Waals surface area (Å²) in [5, 5.41) is 3.55. The van der Waals surface area contributed by atoms with E-state index in [1.54, 1.807) is 18.3 Å². The Balaban J connectivity index is 2.12. The third-order valence-corrected chi connectivity index (χ3v) is 3.54. The molecular weight excluding hydrogens is 252 g/mol. The second-order valence-corrected chi connectivity index (χ2v) is 6.39. The normalized spacial score (nSPS) is 11.6. The van der Waals surface area contributed by atoms with E-state index in [0.29, 0.717) is 5.56 Å². The molecule has 1 aromatic carbocycles. The van der Waals surface area contributed by atoms with Gasteiger partial charge in [0.1, 0.15) is 9.84 Å². The fourth-order valence-electron chi connectivity index (χ4n) is 1.72. The van der Waals surface area contributed by atoms with Crippen LogP contribution >= 0.6 is 0 Å². The van der Waals surface area contributed by atoms with E-state index in [-0.39, 0.29) is 18.2 Å². The van der Waals surface area contributed by atoms with Gasteiger partial charge >= 0.3 is 0 Å². The summed E-state index contributed by atoms with van der Waals surface area (Å²) in [6.45, 7) is 0.120. The van der Waals surface area contributed by atoms with Gasteiger partial charge in [-0.15, -0.1) is 0 Å². The SMILES string of the molecule is CS(=O)(=O)CCNC(=O)c1cccc2cc[nH]c12. The van der Waals surface area contributed by atoms with Crippen LogP contribution in [0.2, 0.25) is 0 Å². The fraction of sp³-hybridized carbons (Fsp3) is 0.250. The largest absolute Gasteiger partial charge is 0.361 e. The van der Waals surface area contributed by atoms with Gasteiger partial charge in [-0.05, 0) is 12.1 Å². The lowest BCUT2D eigenvalue weighted by Crippen LogP contribution is -2.28. The van der Waals surface area contributed by atoms with Crippen molar-refractivity contribution >= 4 is 26.6 Å². The molecule has 0 aliphatic heterocycles. The molecule has 0 atom stereocenters. The Labute approximate surface area is 105 Å². The Morgan fingerprint density at radius 1 is 1.33 bits per heavy atom. The Kier molecular flexibility index (Phi) is 3.38. The van der Waals surface area contributed by atoms with Crippen LogP contribution in [-0.2, 0) is 9.84 Å². The Hall–Kier alpha value is -1.82. The van der Waals surface area contributed by atoms with Crippen LogP contribution in [0.5, 0.6) is 0 Å². The number of rotatable bonds is 4. The smallest absolute Gasteiger partial charge is 0.253 e. The molecule has 0 spiro atoms. The van der Waals surface area contributed by atoms with Crippen molar-refractivity contribution in [3.05, 3.63) is 36.0 Å². The van der Waals surface area contributed by atoms with Crippen LogP contribution in [0.1, 0.15) is 10.4 Å². The van der Waals surface area contributed by atoms with Crippen LogP contribution < -0.4 is 5.32 Å². The molecule has 0 saturated carbocycles. The van der Waals surface area contributed by atoms with E-state index in [0.717, 1.165) is 17.2 Å². The average Bonchev–Trinajstić information content (AvgIpc) is 2.74. The molecule has 96 valence electrons. The van der Waals surface area contributed by atoms with Gasteiger partial charge in [-0.1, -0.05) is 12.1 Å². The highest BCUT2D eigenvalue weighted by molar-refractivity contribution is 7.90. The predicted molar refractivity (Wildman–Crippen MR) is 70.3 cm³/mol. The summed E-state index contributed by atoms with van der Waals surface area (Å²) in [5.41, 5.74) is 1.28. The van der Waals surface area contributed by atoms with Crippen LogP contribution in [0.3, 0.4) is 0 Å². The molecule has 0 saturated heterocycles. The molecule has 0 fully saturated rings. The zero-order valence-corrected chi connectivity index (χ0v) is 10.8. The minimum atomic E-state index is -3.06. The summed E-state index contributed by atoms with van der Waals surface area (Å²) in [6, 6.07) is 7.28. The number of fused-ring (bicyclic) bond motifs is 1. The molecule has 5 nitrogen and oxygen atoms in total. The highest BCUT2D eigenvalue weighted by atomic mass is 32.2. The second-order valence-electron chi connectivity index (χ2n) is 4.13. The van der Waals surface area contributed by atoms with Crippen molar-refractivity contribution in [1.29, 1.82) is 0 Å². The first kappa shape index (κ1) is 12.6. The van der Waals surface area contributed by atoms with Gasteiger partial charge in [-0.25, -0.2) is 8.42 Å². The number of carbonyl (C=O) groups is 1. The van der Waals surface area contributed by atoms with Crippen LogP contribution in [0, 0.1) is 0 Å². The molecule has 0 aliphatic rings. The van der Waals surface area contributed by atoms with E-state index in [1.165, 1.54) is 0 Å². The maximum absolute atomic E-state index is 11.9. The first-order valence-corrected chi connectivity index (χ1v) is 7.55. The summed E-state index contributed by atoms with van der Waals surface area (Å²) < 4.78 is 21.9. The lowest BCUT2D eigenvalue weighted by atomic mass is 10.1. The summed E-state index contributed by atoms with van der Waals surface area (Å²) in [6.07, 6.45) is 2.91. The van der Waals surface area contributed by atoms with Gasteiger partial charge in [-0.3, -0.25) is 4.79 Å². The zero-order valence-electron chi connectivity index (χ0n) is 9.93. The lowest BCUT2D eigenvalue weighted by Gasteiger charge is -2.05. The minimum Gasteiger partial charge on any atom is -0.361 e. The summed E-state index contributed by atoms with van der Waals surface area (Å²) >= 11 is 0. The first-order valence-electron chi connectivity index (χ1n) is 5.49. The van der Waals surface area contributed by atoms with E-state index in [1.807, 2.05) is 12.1 Å². The monoisotopic (exact) mass is 266 g/mol. The molecule has 0 bridgehead atoms. The molecule has 2 N–H and O–H groups in total.